The molecule has 0 bridgehead atoms. The van der Waals surface area contributed by atoms with E-state index in [1.54, 1.807) is 0 Å². The first-order valence-electron chi connectivity index (χ1n) is 9.25. The van der Waals surface area contributed by atoms with Crippen LogP contribution in [0.3, 0.4) is 0 Å². The highest BCUT2D eigenvalue weighted by Gasteiger charge is 2.51. The van der Waals surface area contributed by atoms with Crippen LogP contribution in [0, 0.1) is 11.7 Å². The fourth-order valence-electron chi connectivity index (χ4n) is 3.64. The SMILES string of the molecule is NC1=NC2(c3cc(NC(=O)c4cnc(OCF)cn4)ccc3F)COC[C@@H](F)C2CS1. The number of anilines is 1. The Balaban J connectivity index is 1.64. The Labute approximate surface area is 179 Å². The van der Waals surface area contributed by atoms with Gasteiger partial charge in [-0.1, -0.05) is 11.8 Å². The number of benzene rings is 1. The number of rotatable bonds is 5. The van der Waals surface area contributed by atoms with Crippen LogP contribution in [0.4, 0.5) is 18.9 Å². The summed E-state index contributed by atoms with van der Waals surface area (Å²) >= 11 is 1.21. The van der Waals surface area contributed by atoms with E-state index >= 15 is 0 Å². The van der Waals surface area contributed by atoms with Gasteiger partial charge in [-0.2, -0.15) is 0 Å². The Morgan fingerprint density at radius 2 is 2.23 bits per heavy atom. The number of aromatic nitrogens is 2. The maximum Gasteiger partial charge on any atom is 0.275 e. The molecule has 3 heterocycles. The van der Waals surface area contributed by atoms with Crippen LogP contribution in [0.1, 0.15) is 16.1 Å². The largest absolute Gasteiger partial charge is 0.445 e. The van der Waals surface area contributed by atoms with Gasteiger partial charge in [-0.15, -0.1) is 0 Å². The van der Waals surface area contributed by atoms with Gasteiger partial charge < -0.3 is 20.5 Å². The van der Waals surface area contributed by atoms with Crippen LogP contribution in [0.25, 0.3) is 0 Å². The van der Waals surface area contributed by atoms with Crippen LogP contribution in [-0.4, -0.2) is 53.0 Å². The van der Waals surface area contributed by atoms with E-state index in [9.17, 15) is 18.0 Å². The van der Waals surface area contributed by atoms with Crippen molar-refractivity contribution in [1.29, 1.82) is 0 Å². The Bertz CT molecular complexity index is 1010. The summed E-state index contributed by atoms with van der Waals surface area (Å²) < 4.78 is 51.6. The molecule has 2 aliphatic rings. The summed E-state index contributed by atoms with van der Waals surface area (Å²) in [6.07, 6.45) is 0.883. The minimum absolute atomic E-state index is 0.0326. The number of aliphatic imine (C=N–C) groups is 1. The Hall–Kier alpha value is -2.86. The Kier molecular flexibility index (Phi) is 6.01. The minimum atomic E-state index is -1.34. The Morgan fingerprint density at radius 3 is 2.97 bits per heavy atom. The molecule has 1 amide bonds. The van der Waals surface area contributed by atoms with Crippen LogP contribution >= 0.6 is 11.8 Å². The van der Waals surface area contributed by atoms with Crippen molar-refractivity contribution in [2.45, 2.75) is 11.7 Å². The summed E-state index contributed by atoms with van der Waals surface area (Å²) in [6, 6.07) is 3.91. The van der Waals surface area contributed by atoms with Crippen LogP contribution < -0.4 is 15.8 Å². The second-order valence-corrected chi connectivity index (χ2v) is 8.01. The summed E-state index contributed by atoms with van der Waals surface area (Å²) in [4.78, 5) is 24.5. The van der Waals surface area contributed by atoms with E-state index in [4.69, 9.17) is 10.5 Å². The third kappa shape index (κ3) is 4.17. The molecule has 0 radical (unpaired) electrons. The molecule has 1 saturated heterocycles. The van der Waals surface area contributed by atoms with Crippen molar-refractivity contribution in [3.8, 4) is 5.88 Å². The zero-order valence-corrected chi connectivity index (χ0v) is 16.9. The van der Waals surface area contributed by atoms with Gasteiger partial charge in [-0.05, 0) is 18.2 Å². The maximum absolute atomic E-state index is 14.9. The predicted octanol–water partition coefficient (Wildman–Crippen LogP) is 2.42. The number of thioether (sulfide) groups is 1. The minimum Gasteiger partial charge on any atom is -0.445 e. The van der Waals surface area contributed by atoms with Crippen LogP contribution in [0.5, 0.6) is 5.88 Å². The lowest BCUT2D eigenvalue weighted by Gasteiger charge is -2.45. The number of carbonyl (C=O) groups is 1. The molecule has 12 heteroatoms. The van der Waals surface area contributed by atoms with Crippen molar-refractivity contribution >= 4 is 28.5 Å². The highest BCUT2D eigenvalue weighted by Crippen LogP contribution is 2.46. The van der Waals surface area contributed by atoms with Crippen LogP contribution in [0.15, 0.2) is 35.6 Å². The van der Waals surface area contributed by atoms with Gasteiger partial charge in [0.15, 0.2) is 5.17 Å². The quantitative estimate of drug-likeness (QED) is 0.715. The average molecular weight is 453 g/mol. The molecule has 0 spiro atoms. The number of alkyl halides is 2. The highest BCUT2D eigenvalue weighted by atomic mass is 32.2. The van der Waals surface area contributed by atoms with Crippen LogP contribution in [0.2, 0.25) is 0 Å². The molecule has 2 unspecified atom stereocenters. The number of nitrogens with one attached hydrogen (secondary N) is 1. The molecule has 3 N–H and O–H groups in total. The smallest absolute Gasteiger partial charge is 0.275 e. The number of carbonyl (C=O) groups excluding carboxylic acids is 1. The number of ether oxygens (including phenoxy) is 2. The number of amidine groups is 1. The van der Waals surface area contributed by atoms with Gasteiger partial charge in [0.1, 0.15) is 23.2 Å². The molecule has 1 aromatic heterocycles. The summed E-state index contributed by atoms with van der Waals surface area (Å²) in [5.74, 6) is -1.61. The van der Waals surface area contributed by atoms with E-state index in [0.29, 0.717) is 5.75 Å². The molecule has 2 aromatic rings. The first kappa shape index (κ1) is 21.4. The number of hydrogen-bond acceptors (Lipinski definition) is 8. The second-order valence-electron chi connectivity index (χ2n) is 6.96. The summed E-state index contributed by atoms with van der Waals surface area (Å²) in [7, 11) is 0. The molecule has 1 aromatic carbocycles. The van der Waals surface area contributed by atoms with Gasteiger partial charge >= 0.3 is 0 Å². The third-order valence-electron chi connectivity index (χ3n) is 5.12. The molecular formula is C19H18F3N5O3S. The van der Waals surface area contributed by atoms with Crippen molar-refractivity contribution in [3.05, 3.63) is 47.7 Å². The molecule has 0 saturated carbocycles. The molecule has 4 rings (SSSR count). The van der Waals surface area contributed by atoms with E-state index in [2.05, 4.69) is 25.0 Å². The molecular weight excluding hydrogens is 435 g/mol. The van der Waals surface area contributed by atoms with Crippen molar-refractivity contribution in [2.75, 3.05) is 31.1 Å². The van der Waals surface area contributed by atoms with E-state index in [1.807, 2.05) is 0 Å². The lowest BCUT2D eigenvalue weighted by atomic mass is 9.75. The van der Waals surface area contributed by atoms with Gasteiger partial charge in [0.25, 0.3) is 5.91 Å². The monoisotopic (exact) mass is 453 g/mol. The number of nitrogens with zero attached hydrogens (tertiary/aromatic N) is 3. The molecule has 1 fully saturated rings. The fourth-order valence-corrected chi connectivity index (χ4v) is 4.70. The van der Waals surface area contributed by atoms with Gasteiger partial charge in [0, 0.05) is 22.9 Å². The first-order valence-corrected chi connectivity index (χ1v) is 10.2. The van der Waals surface area contributed by atoms with Crippen molar-refractivity contribution in [1.82, 2.24) is 9.97 Å². The number of nitrogens with two attached hydrogens (primary N) is 1. The number of amides is 1. The van der Waals surface area contributed by atoms with E-state index in [-0.39, 0.29) is 41.2 Å². The summed E-state index contributed by atoms with van der Waals surface area (Å²) in [5.41, 5.74) is 4.82. The standard InChI is InChI=1S/C19H18F3N5O3S/c20-9-30-16-5-24-15(4-25-16)17(28)26-10-1-2-13(21)11(3-10)19-8-29-6-14(22)12(19)7-31-18(23)27-19/h1-5,12,14H,6-9H2,(H2,23,27)(H,26,28)/t12?,14-,19?/m1/s1. The van der Waals surface area contributed by atoms with Gasteiger partial charge in [0.05, 0.1) is 25.6 Å². The molecule has 31 heavy (non-hydrogen) atoms. The lowest BCUT2D eigenvalue weighted by Crippen LogP contribution is -2.53. The average Bonchev–Trinajstić information content (AvgIpc) is 2.75. The summed E-state index contributed by atoms with van der Waals surface area (Å²) in [5, 5.41) is 2.80. The van der Waals surface area contributed by atoms with Crippen LogP contribution in [-0.2, 0) is 10.3 Å². The molecule has 8 nitrogen and oxygen atoms in total. The molecule has 2 aliphatic heterocycles. The first-order chi connectivity index (χ1) is 14.9. The molecule has 0 aliphatic carbocycles. The highest BCUT2D eigenvalue weighted by molar-refractivity contribution is 8.13. The van der Waals surface area contributed by atoms with Crippen molar-refractivity contribution in [2.24, 2.45) is 16.6 Å². The number of fused-ring (bicyclic) bond motifs is 1. The van der Waals surface area contributed by atoms with Gasteiger partial charge in [0.2, 0.25) is 12.7 Å². The van der Waals surface area contributed by atoms with Crippen molar-refractivity contribution in [3.63, 3.8) is 0 Å². The topological polar surface area (TPSA) is 112 Å². The third-order valence-corrected chi connectivity index (χ3v) is 6.04. The van der Waals surface area contributed by atoms with E-state index in [1.165, 1.54) is 23.9 Å². The fraction of sp³-hybridized carbons (Fsp3) is 0.368. The number of hydrogen-bond donors (Lipinski definition) is 2. The second kappa shape index (κ2) is 8.71. The van der Waals surface area contributed by atoms with Gasteiger partial charge in [-0.3, -0.25) is 4.79 Å². The Morgan fingerprint density at radius 1 is 1.39 bits per heavy atom. The zero-order chi connectivity index (χ0) is 22.0. The van der Waals surface area contributed by atoms with E-state index in [0.717, 1.165) is 18.5 Å². The maximum atomic E-state index is 14.9. The summed E-state index contributed by atoms with van der Waals surface area (Å²) in [6.45, 7) is -1.20. The predicted molar refractivity (Wildman–Crippen MR) is 108 cm³/mol. The van der Waals surface area contributed by atoms with Crippen molar-refractivity contribution < 1.29 is 27.4 Å². The zero-order valence-electron chi connectivity index (χ0n) is 16.1. The number of halogens is 3. The molecule has 164 valence electrons. The normalized spacial score (nSPS) is 25.3. The lowest BCUT2D eigenvalue weighted by molar-refractivity contribution is -0.0526. The molecule has 3 atom stereocenters. The van der Waals surface area contributed by atoms with Gasteiger partial charge in [-0.25, -0.2) is 28.1 Å². The van der Waals surface area contributed by atoms with E-state index < -0.39 is 36.2 Å².